The maximum absolute atomic E-state index is 2.25. The second-order valence-corrected chi connectivity index (χ2v) is 5.24. The Bertz CT molecular complexity index is 474. The van der Waals surface area contributed by atoms with Gasteiger partial charge in [0.2, 0.25) is 0 Å². The molecule has 0 aliphatic rings. The Morgan fingerprint density at radius 2 is 1.17 bits per heavy atom. The fourth-order valence-corrected chi connectivity index (χ4v) is 2.15. The minimum atomic E-state index is 0.614. The fraction of sp³-hybridized carbons (Fsp3) is 0.333. The van der Waals surface area contributed by atoms with Gasteiger partial charge in [0.25, 0.3) is 0 Å². The second-order valence-electron chi connectivity index (χ2n) is 5.24. The third kappa shape index (κ3) is 3.22. The van der Waals surface area contributed by atoms with Gasteiger partial charge in [0.05, 0.1) is 0 Å². The average Bonchev–Trinajstić information content (AvgIpc) is 2.40. The molecule has 18 heavy (non-hydrogen) atoms. The molecule has 0 heteroatoms. The lowest BCUT2D eigenvalue weighted by Crippen LogP contribution is -1.91. The molecule has 0 nitrogen and oxygen atoms in total. The zero-order valence-corrected chi connectivity index (χ0v) is 11.6. The van der Waals surface area contributed by atoms with Crippen molar-refractivity contribution >= 4 is 0 Å². The molecule has 0 heterocycles. The summed E-state index contributed by atoms with van der Waals surface area (Å²) in [5.41, 5.74) is 5.61. The smallest absolute Gasteiger partial charge is 0.00258 e. The summed E-state index contributed by atoms with van der Waals surface area (Å²) in [7, 11) is 0. The quantitative estimate of drug-likeness (QED) is 0.706. The van der Waals surface area contributed by atoms with Gasteiger partial charge in [0.15, 0.2) is 0 Å². The average molecular weight is 238 g/mol. The molecule has 0 N–H and O–H groups in total. The molecule has 0 bridgehead atoms. The SMILES string of the molecule is CCc1ccc(Cc2ccc(C(C)C)cc2)cc1. The van der Waals surface area contributed by atoms with Crippen LogP contribution in [0.2, 0.25) is 0 Å². The minimum Gasteiger partial charge on any atom is -0.0613 e. The minimum absolute atomic E-state index is 0.614. The van der Waals surface area contributed by atoms with Crippen LogP contribution in [0.15, 0.2) is 48.5 Å². The molecule has 0 spiro atoms. The van der Waals surface area contributed by atoms with Crippen molar-refractivity contribution in [2.75, 3.05) is 0 Å². The molecular weight excluding hydrogens is 216 g/mol. The highest BCUT2D eigenvalue weighted by Crippen LogP contribution is 2.17. The molecule has 0 saturated heterocycles. The Balaban J connectivity index is 2.08. The topological polar surface area (TPSA) is 0 Å². The third-order valence-corrected chi connectivity index (χ3v) is 3.49. The number of hydrogen-bond acceptors (Lipinski definition) is 0. The second kappa shape index (κ2) is 5.86. The zero-order valence-electron chi connectivity index (χ0n) is 11.6. The van der Waals surface area contributed by atoms with Crippen LogP contribution in [0, 0.1) is 0 Å². The van der Waals surface area contributed by atoms with Gasteiger partial charge in [-0.05, 0) is 41.0 Å². The van der Waals surface area contributed by atoms with Crippen molar-refractivity contribution in [3.05, 3.63) is 70.8 Å². The van der Waals surface area contributed by atoms with Gasteiger partial charge in [-0.2, -0.15) is 0 Å². The largest absolute Gasteiger partial charge is 0.0613 e. The summed E-state index contributed by atoms with van der Waals surface area (Å²) in [6, 6.07) is 18.0. The first-order chi connectivity index (χ1) is 8.69. The van der Waals surface area contributed by atoms with Crippen LogP contribution in [0.3, 0.4) is 0 Å². The van der Waals surface area contributed by atoms with E-state index in [0.717, 1.165) is 12.8 Å². The van der Waals surface area contributed by atoms with Gasteiger partial charge in [-0.15, -0.1) is 0 Å². The molecule has 0 amide bonds. The van der Waals surface area contributed by atoms with Crippen molar-refractivity contribution in [3.63, 3.8) is 0 Å². The maximum atomic E-state index is 2.25. The molecule has 0 radical (unpaired) electrons. The van der Waals surface area contributed by atoms with Crippen LogP contribution in [-0.4, -0.2) is 0 Å². The van der Waals surface area contributed by atoms with Crippen molar-refractivity contribution in [1.29, 1.82) is 0 Å². The number of hydrogen-bond donors (Lipinski definition) is 0. The molecular formula is C18H22. The van der Waals surface area contributed by atoms with Crippen molar-refractivity contribution in [2.24, 2.45) is 0 Å². The van der Waals surface area contributed by atoms with Crippen LogP contribution >= 0.6 is 0 Å². The van der Waals surface area contributed by atoms with E-state index >= 15 is 0 Å². The van der Waals surface area contributed by atoms with Gasteiger partial charge in [-0.1, -0.05) is 69.3 Å². The van der Waals surface area contributed by atoms with Gasteiger partial charge in [-0.3, -0.25) is 0 Å². The van der Waals surface area contributed by atoms with E-state index in [1.165, 1.54) is 22.3 Å². The predicted octanol–water partition coefficient (Wildman–Crippen LogP) is 4.96. The van der Waals surface area contributed by atoms with Gasteiger partial charge < -0.3 is 0 Å². The Morgan fingerprint density at radius 1 is 0.722 bits per heavy atom. The molecule has 2 aromatic rings. The van der Waals surface area contributed by atoms with Crippen molar-refractivity contribution in [2.45, 2.75) is 39.5 Å². The van der Waals surface area contributed by atoms with Crippen molar-refractivity contribution < 1.29 is 0 Å². The fourth-order valence-electron chi connectivity index (χ4n) is 2.15. The predicted molar refractivity (Wildman–Crippen MR) is 79.2 cm³/mol. The number of rotatable bonds is 4. The van der Waals surface area contributed by atoms with E-state index in [9.17, 15) is 0 Å². The van der Waals surface area contributed by atoms with Crippen LogP contribution in [-0.2, 0) is 12.8 Å². The summed E-state index contributed by atoms with van der Waals surface area (Å²) in [5.74, 6) is 0.614. The van der Waals surface area contributed by atoms with Crippen LogP contribution in [0.1, 0.15) is 48.9 Å². The first-order valence-corrected chi connectivity index (χ1v) is 6.85. The normalized spacial score (nSPS) is 10.9. The standard InChI is InChI=1S/C18H22/c1-4-15-5-7-16(8-6-15)13-17-9-11-18(12-10-17)14(2)3/h5-12,14H,4,13H2,1-3H3. The molecule has 0 aromatic heterocycles. The molecule has 94 valence electrons. The third-order valence-electron chi connectivity index (χ3n) is 3.49. The highest BCUT2D eigenvalue weighted by molar-refractivity contribution is 5.31. The molecule has 0 atom stereocenters. The van der Waals surface area contributed by atoms with Crippen LogP contribution in [0.5, 0.6) is 0 Å². The summed E-state index contributed by atoms with van der Waals surface area (Å²) in [6.45, 7) is 6.66. The summed E-state index contributed by atoms with van der Waals surface area (Å²) >= 11 is 0. The molecule has 2 aromatic carbocycles. The van der Waals surface area contributed by atoms with Gasteiger partial charge >= 0.3 is 0 Å². The molecule has 0 fully saturated rings. The zero-order chi connectivity index (χ0) is 13.0. The Kier molecular flexibility index (Phi) is 4.19. The number of aryl methyl sites for hydroxylation is 1. The maximum Gasteiger partial charge on any atom is -0.00258 e. The first-order valence-electron chi connectivity index (χ1n) is 6.85. The van der Waals surface area contributed by atoms with E-state index in [0.29, 0.717) is 5.92 Å². The van der Waals surface area contributed by atoms with Crippen LogP contribution in [0.25, 0.3) is 0 Å². The van der Waals surface area contributed by atoms with E-state index in [4.69, 9.17) is 0 Å². The van der Waals surface area contributed by atoms with Gasteiger partial charge in [0.1, 0.15) is 0 Å². The summed E-state index contributed by atoms with van der Waals surface area (Å²) in [6.07, 6.45) is 2.14. The van der Waals surface area contributed by atoms with E-state index < -0.39 is 0 Å². The van der Waals surface area contributed by atoms with Crippen LogP contribution < -0.4 is 0 Å². The van der Waals surface area contributed by atoms with Gasteiger partial charge in [-0.25, -0.2) is 0 Å². The van der Waals surface area contributed by atoms with Crippen LogP contribution in [0.4, 0.5) is 0 Å². The van der Waals surface area contributed by atoms with E-state index in [1.54, 1.807) is 0 Å². The lowest BCUT2D eigenvalue weighted by atomic mass is 9.98. The lowest BCUT2D eigenvalue weighted by molar-refractivity contribution is 0.865. The highest BCUT2D eigenvalue weighted by Gasteiger charge is 2.00. The Hall–Kier alpha value is -1.56. The van der Waals surface area contributed by atoms with Crippen molar-refractivity contribution in [1.82, 2.24) is 0 Å². The number of benzene rings is 2. The van der Waals surface area contributed by atoms with E-state index in [-0.39, 0.29) is 0 Å². The monoisotopic (exact) mass is 238 g/mol. The Labute approximate surface area is 111 Å². The molecule has 0 aliphatic carbocycles. The molecule has 2 rings (SSSR count). The Morgan fingerprint density at radius 3 is 1.61 bits per heavy atom. The highest BCUT2D eigenvalue weighted by atomic mass is 14.1. The van der Waals surface area contributed by atoms with Crippen molar-refractivity contribution in [3.8, 4) is 0 Å². The summed E-state index contributed by atoms with van der Waals surface area (Å²) < 4.78 is 0. The summed E-state index contributed by atoms with van der Waals surface area (Å²) in [5, 5.41) is 0. The first kappa shape index (κ1) is 12.9. The molecule has 0 unspecified atom stereocenters. The van der Waals surface area contributed by atoms with E-state index in [1.807, 2.05) is 0 Å². The van der Waals surface area contributed by atoms with Gasteiger partial charge in [0, 0.05) is 0 Å². The summed E-state index contributed by atoms with van der Waals surface area (Å²) in [4.78, 5) is 0. The molecule has 0 saturated carbocycles. The molecule has 0 aliphatic heterocycles. The van der Waals surface area contributed by atoms with E-state index in [2.05, 4.69) is 69.3 Å². The lowest BCUT2D eigenvalue weighted by Gasteiger charge is -2.07.